The van der Waals surface area contributed by atoms with Crippen LogP contribution in [0, 0.1) is 17.8 Å². The first-order valence-electron chi connectivity index (χ1n) is 10.2. The molecule has 25 heavy (non-hydrogen) atoms. The molecule has 2 saturated heterocycles. The molecule has 1 aliphatic carbocycles. The first kappa shape index (κ1) is 18.7. The standard InChI is InChI=1S/C20H35N3O2/c1-14(2)16-5-7-18(8-6-16)23-10-9-21(13-19(23)24)20(25)17-11-22(12-17)15(3)4/h14-18H,5-13H2,1-4H3. The van der Waals surface area contributed by atoms with Crippen molar-refractivity contribution in [1.82, 2.24) is 14.7 Å². The number of nitrogens with zero attached hydrogens (tertiary/aromatic N) is 3. The highest BCUT2D eigenvalue weighted by Crippen LogP contribution is 2.33. The lowest BCUT2D eigenvalue weighted by Crippen LogP contribution is -2.61. The molecular weight excluding hydrogens is 314 g/mol. The van der Waals surface area contributed by atoms with Crippen LogP contribution in [-0.2, 0) is 9.59 Å². The summed E-state index contributed by atoms with van der Waals surface area (Å²) in [6, 6.07) is 0.906. The molecule has 2 aliphatic heterocycles. The average Bonchev–Trinajstić information content (AvgIpc) is 2.53. The van der Waals surface area contributed by atoms with Crippen molar-refractivity contribution < 1.29 is 9.59 Å². The zero-order valence-corrected chi connectivity index (χ0v) is 16.4. The van der Waals surface area contributed by atoms with Crippen molar-refractivity contribution in [3.63, 3.8) is 0 Å². The lowest BCUT2D eigenvalue weighted by molar-refractivity contribution is -0.153. The fourth-order valence-electron chi connectivity index (χ4n) is 4.69. The van der Waals surface area contributed by atoms with Crippen LogP contribution in [0.25, 0.3) is 0 Å². The Morgan fingerprint density at radius 1 is 1.00 bits per heavy atom. The molecule has 0 spiro atoms. The number of rotatable bonds is 4. The van der Waals surface area contributed by atoms with Crippen LogP contribution in [0.15, 0.2) is 0 Å². The summed E-state index contributed by atoms with van der Waals surface area (Å²) in [5.41, 5.74) is 0. The van der Waals surface area contributed by atoms with E-state index in [0.29, 0.717) is 25.2 Å². The number of carbonyl (C=O) groups excluding carboxylic acids is 2. The van der Waals surface area contributed by atoms with Gasteiger partial charge in [0.2, 0.25) is 11.8 Å². The number of hydrogen-bond donors (Lipinski definition) is 0. The summed E-state index contributed by atoms with van der Waals surface area (Å²) in [6.45, 7) is 12.4. The number of amides is 2. The fraction of sp³-hybridized carbons (Fsp3) is 0.900. The van der Waals surface area contributed by atoms with Crippen molar-refractivity contribution in [3.05, 3.63) is 0 Å². The van der Waals surface area contributed by atoms with E-state index in [4.69, 9.17) is 0 Å². The second kappa shape index (κ2) is 7.65. The third-order valence-corrected chi connectivity index (χ3v) is 6.68. The van der Waals surface area contributed by atoms with Gasteiger partial charge in [0.15, 0.2) is 0 Å². The van der Waals surface area contributed by atoms with Gasteiger partial charge >= 0.3 is 0 Å². The van der Waals surface area contributed by atoms with E-state index in [9.17, 15) is 9.59 Å². The van der Waals surface area contributed by atoms with Crippen molar-refractivity contribution >= 4 is 11.8 Å². The van der Waals surface area contributed by atoms with E-state index in [0.717, 1.165) is 44.3 Å². The number of likely N-dealkylation sites (tertiary alicyclic amines) is 1. The Morgan fingerprint density at radius 2 is 1.64 bits per heavy atom. The van der Waals surface area contributed by atoms with Gasteiger partial charge in [0.05, 0.1) is 12.5 Å². The van der Waals surface area contributed by atoms with E-state index >= 15 is 0 Å². The number of piperazine rings is 1. The SMILES string of the molecule is CC(C)C1CCC(N2CCN(C(=O)C3CN(C(C)C)C3)CC2=O)CC1. The predicted octanol–water partition coefficient (Wildman–Crippen LogP) is 2.21. The molecule has 0 radical (unpaired) electrons. The van der Waals surface area contributed by atoms with Crippen molar-refractivity contribution in [2.75, 3.05) is 32.7 Å². The smallest absolute Gasteiger partial charge is 0.242 e. The Bertz CT molecular complexity index is 491. The quantitative estimate of drug-likeness (QED) is 0.782. The number of hydrogen-bond acceptors (Lipinski definition) is 3. The van der Waals surface area contributed by atoms with Gasteiger partial charge in [-0.2, -0.15) is 0 Å². The van der Waals surface area contributed by atoms with Crippen LogP contribution < -0.4 is 0 Å². The van der Waals surface area contributed by atoms with Gasteiger partial charge in [-0.25, -0.2) is 0 Å². The van der Waals surface area contributed by atoms with Crippen LogP contribution in [0.3, 0.4) is 0 Å². The zero-order chi connectivity index (χ0) is 18.1. The molecule has 0 aromatic rings. The Hall–Kier alpha value is -1.10. The summed E-state index contributed by atoms with van der Waals surface area (Å²) in [5.74, 6) is 2.01. The summed E-state index contributed by atoms with van der Waals surface area (Å²) >= 11 is 0. The maximum atomic E-state index is 12.6. The molecule has 0 unspecified atom stereocenters. The molecule has 1 saturated carbocycles. The molecule has 0 atom stereocenters. The molecule has 0 aromatic carbocycles. The van der Waals surface area contributed by atoms with Crippen molar-refractivity contribution in [1.29, 1.82) is 0 Å². The summed E-state index contributed by atoms with van der Waals surface area (Å²) in [7, 11) is 0. The minimum Gasteiger partial charge on any atom is -0.336 e. The summed E-state index contributed by atoms with van der Waals surface area (Å²) < 4.78 is 0. The van der Waals surface area contributed by atoms with Crippen LogP contribution in [0.1, 0.15) is 53.4 Å². The van der Waals surface area contributed by atoms with E-state index in [1.165, 1.54) is 12.8 Å². The van der Waals surface area contributed by atoms with Gasteiger partial charge in [0, 0.05) is 38.3 Å². The van der Waals surface area contributed by atoms with Gasteiger partial charge in [0.25, 0.3) is 0 Å². The maximum Gasteiger partial charge on any atom is 0.242 e. The van der Waals surface area contributed by atoms with Crippen molar-refractivity contribution in [3.8, 4) is 0 Å². The Kier molecular flexibility index (Phi) is 5.71. The van der Waals surface area contributed by atoms with Gasteiger partial charge in [-0.05, 0) is 51.4 Å². The Labute approximate surface area is 152 Å². The van der Waals surface area contributed by atoms with Crippen LogP contribution in [-0.4, -0.2) is 71.3 Å². The molecule has 0 N–H and O–H groups in total. The third kappa shape index (κ3) is 4.02. The van der Waals surface area contributed by atoms with Crippen LogP contribution in [0.4, 0.5) is 0 Å². The van der Waals surface area contributed by atoms with Crippen LogP contribution >= 0.6 is 0 Å². The lowest BCUT2D eigenvalue weighted by atomic mass is 9.79. The minimum atomic E-state index is 0.100. The second-order valence-corrected chi connectivity index (χ2v) is 8.90. The molecule has 3 fully saturated rings. The molecule has 5 heteroatoms. The highest BCUT2D eigenvalue weighted by Gasteiger charge is 2.40. The molecule has 2 heterocycles. The van der Waals surface area contributed by atoms with Gasteiger partial charge < -0.3 is 9.80 Å². The third-order valence-electron chi connectivity index (χ3n) is 6.68. The molecule has 142 valence electrons. The monoisotopic (exact) mass is 349 g/mol. The Morgan fingerprint density at radius 3 is 2.16 bits per heavy atom. The number of carbonyl (C=O) groups is 2. The van der Waals surface area contributed by atoms with Crippen LogP contribution in [0.2, 0.25) is 0 Å². The molecule has 5 nitrogen and oxygen atoms in total. The van der Waals surface area contributed by atoms with Gasteiger partial charge in [-0.1, -0.05) is 13.8 Å². The Balaban J connectivity index is 1.47. The van der Waals surface area contributed by atoms with Crippen molar-refractivity contribution in [2.45, 2.75) is 65.5 Å². The summed E-state index contributed by atoms with van der Waals surface area (Å²) in [6.07, 6.45) is 4.74. The van der Waals surface area contributed by atoms with Gasteiger partial charge in [0.1, 0.15) is 0 Å². The lowest BCUT2D eigenvalue weighted by Gasteiger charge is -2.46. The molecule has 3 aliphatic rings. The average molecular weight is 350 g/mol. The predicted molar refractivity (Wildman–Crippen MR) is 99.1 cm³/mol. The van der Waals surface area contributed by atoms with Gasteiger partial charge in [-0.3, -0.25) is 14.5 Å². The zero-order valence-electron chi connectivity index (χ0n) is 16.4. The highest BCUT2D eigenvalue weighted by molar-refractivity contribution is 5.87. The van der Waals surface area contributed by atoms with Crippen molar-refractivity contribution in [2.24, 2.45) is 17.8 Å². The second-order valence-electron chi connectivity index (χ2n) is 8.90. The van der Waals surface area contributed by atoms with E-state index in [-0.39, 0.29) is 17.7 Å². The highest BCUT2D eigenvalue weighted by atomic mass is 16.2. The molecular formula is C20H35N3O2. The maximum absolute atomic E-state index is 12.6. The molecule has 0 aromatic heterocycles. The van der Waals surface area contributed by atoms with E-state index in [1.807, 2.05) is 0 Å². The largest absolute Gasteiger partial charge is 0.336 e. The summed E-state index contributed by atoms with van der Waals surface area (Å²) in [4.78, 5) is 31.5. The topological polar surface area (TPSA) is 43.9 Å². The van der Waals surface area contributed by atoms with E-state index in [1.54, 1.807) is 4.90 Å². The van der Waals surface area contributed by atoms with E-state index < -0.39 is 0 Å². The molecule has 2 amide bonds. The van der Waals surface area contributed by atoms with E-state index in [2.05, 4.69) is 37.5 Å². The molecule has 0 bridgehead atoms. The first-order valence-corrected chi connectivity index (χ1v) is 10.2. The summed E-state index contributed by atoms with van der Waals surface area (Å²) in [5, 5.41) is 0. The first-order chi connectivity index (χ1) is 11.9. The minimum absolute atomic E-state index is 0.100. The fourth-order valence-corrected chi connectivity index (χ4v) is 4.69. The van der Waals surface area contributed by atoms with Gasteiger partial charge in [-0.15, -0.1) is 0 Å². The normalized spacial score (nSPS) is 29.4. The van der Waals surface area contributed by atoms with Crippen LogP contribution in [0.5, 0.6) is 0 Å². The molecule has 3 rings (SSSR count).